The Morgan fingerprint density at radius 2 is 1.95 bits per heavy atom. The molecule has 212 valence electrons. The first-order chi connectivity index (χ1) is 19.1. The van der Waals surface area contributed by atoms with E-state index in [1.54, 1.807) is 30.1 Å². The highest BCUT2D eigenvalue weighted by atomic mass is 35.5. The number of ether oxygens (including phenoxy) is 1. The van der Waals surface area contributed by atoms with Gasteiger partial charge in [0, 0.05) is 35.6 Å². The van der Waals surface area contributed by atoms with Crippen molar-refractivity contribution in [3.05, 3.63) is 35.1 Å². The lowest BCUT2D eigenvalue weighted by molar-refractivity contribution is -0.00944. The van der Waals surface area contributed by atoms with E-state index < -0.39 is 18.3 Å². The average Bonchev–Trinajstić information content (AvgIpc) is 3.45. The second kappa shape index (κ2) is 10.5. The van der Waals surface area contributed by atoms with Gasteiger partial charge in [0.25, 0.3) is 5.92 Å². The molecular formula is C27H29ClF3N7OS. The molecular weight excluding hydrogens is 563 g/mol. The van der Waals surface area contributed by atoms with Gasteiger partial charge in [0.15, 0.2) is 10.9 Å². The van der Waals surface area contributed by atoms with Gasteiger partial charge in [-0.3, -0.25) is 4.90 Å². The molecule has 0 saturated carbocycles. The summed E-state index contributed by atoms with van der Waals surface area (Å²) in [5.41, 5.74) is 6.98. The van der Waals surface area contributed by atoms with Crippen molar-refractivity contribution in [1.29, 1.82) is 0 Å². The van der Waals surface area contributed by atoms with Crippen LogP contribution in [0.1, 0.15) is 12.8 Å². The van der Waals surface area contributed by atoms with E-state index in [1.807, 2.05) is 13.1 Å². The van der Waals surface area contributed by atoms with Gasteiger partial charge in [-0.25, -0.2) is 18.2 Å². The second-order valence-electron chi connectivity index (χ2n) is 10.6. The fourth-order valence-corrected chi connectivity index (χ4v) is 6.65. The zero-order valence-corrected chi connectivity index (χ0v) is 23.7. The SMILES string of the molecule is CN1CCN(c2nc(OC[C@@H]3CCCN3C)nc3c(F)c(-c4cccc5sc(N)nc45)c(Cl)cc23)CC(F)(F)C1. The third kappa shape index (κ3) is 5.13. The zero-order chi connectivity index (χ0) is 28.2. The van der Waals surface area contributed by atoms with Crippen LogP contribution >= 0.6 is 22.9 Å². The normalized spacial score (nSPS) is 20.4. The molecule has 2 aliphatic heterocycles. The quantitative estimate of drug-likeness (QED) is 0.342. The number of aromatic nitrogens is 3. The summed E-state index contributed by atoms with van der Waals surface area (Å²) in [6, 6.07) is 6.99. The average molecular weight is 592 g/mol. The summed E-state index contributed by atoms with van der Waals surface area (Å²) < 4.78 is 53.0. The number of nitrogens with zero attached hydrogens (tertiary/aromatic N) is 6. The molecule has 40 heavy (non-hydrogen) atoms. The van der Waals surface area contributed by atoms with Crippen molar-refractivity contribution in [2.75, 3.05) is 64.1 Å². The van der Waals surface area contributed by atoms with E-state index in [9.17, 15) is 8.78 Å². The molecule has 0 amide bonds. The maximum Gasteiger partial charge on any atom is 0.319 e. The molecule has 0 bridgehead atoms. The van der Waals surface area contributed by atoms with Gasteiger partial charge in [0.2, 0.25) is 0 Å². The molecule has 2 saturated heterocycles. The first kappa shape index (κ1) is 27.3. The molecule has 4 heterocycles. The molecule has 2 aromatic heterocycles. The molecule has 2 N–H and O–H groups in total. The summed E-state index contributed by atoms with van der Waals surface area (Å²) >= 11 is 8.00. The van der Waals surface area contributed by atoms with Gasteiger partial charge in [-0.05, 0) is 45.6 Å². The topological polar surface area (TPSA) is 83.6 Å². The Morgan fingerprint density at radius 1 is 1.12 bits per heavy atom. The summed E-state index contributed by atoms with van der Waals surface area (Å²) in [7, 11) is 3.67. The van der Waals surface area contributed by atoms with E-state index in [4.69, 9.17) is 22.1 Å². The molecule has 6 rings (SSSR count). The van der Waals surface area contributed by atoms with E-state index in [0.29, 0.717) is 29.4 Å². The molecule has 13 heteroatoms. The lowest BCUT2D eigenvalue weighted by atomic mass is 10.0. The van der Waals surface area contributed by atoms with Gasteiger partial charge < -0.3 is 20.3 Å². The smallest absolute Gasteiger partial charge is 0.319 e. The van der Waals surface area contributed by atoms with Gasteiger partial charge in [0.05, 0.1) is 28.3 Å². The number of fused-ring (bicyclic) bond motifs is 2. The highest BCUT2D eigenvalue weighted by Crippen LogP contribution is 2.42. The van der Waals surface area contributed by atoms with E-state index in [1.165, 1.54) is 16.2 Å². The number of rotatable bonds is 5. The van der Waals surface area contributed by atoms with E-state index in [0.717, 1.165) is 24.1 Å². The number of benzene rings is 2. The predicted molar refractivity (Wildman–Crippen MR) is 153 cm³/mol. The van der Waals surface area contributed by atoms with Crippen LogP contribution in [0.25, 0.3) is 32.2 Å². The number of hydrogen-bond donors (Lipinski definition) is 1. The Bertz CT molecular complexity index is 1590. The fraction of sp³-hybridized carbons (Fsp3) is 0.444. The minimum atomic E-state index is -3.00. The Labute approximate surface area is 238 Å². The van der Waals surface area contributed by atoms with Crippen LogP contribution in [0.3, 0.4) is 0 Å². The minimum Gasteiger partial charge on any atom is -0.462 e. The summed E-state index contributed by atoms with van der Waals surface area (Å²) in [6.45, 7) is 0.945. The zero-order valence-electron chi connectivity index (χ0n) is 22.1. The lowest BCUT2D eigenvalue weighted by Crippen LogP contribution is -2.39. The van der Waals surface area contributed by atoms with Crippen LogP contribution in [0.15, 0.2) is 24.3 Å². The molecule has 0 spiro atoms. The Kier molecular flexibility index (Phi) is 7.14. The van der Waals surface area contributed by atoms with Gasteiger partial charge in [-0.1, -0.05) is 35.1 Å². The summed E-state index contributed by atoms with van der Waals surface area (Å²) in [4.78, 5) is 18.6. The van der Waals surface area contributed by atoms with Crippen molar-refractivity contribution >= 4 is 55.0 Å². The van der Waals surface area contributed by atoms with E-state index in [-0.39, 0.29) is 52.4 Å². The summed E-state index contributed by atoms with van der Waals surface area (Å²) in [6.07, 6.45) is 2.00. The standard InChI is InChI=1S/C27H29ClF3N7OS/c1-36-9-10-38(14-27(30,31)13-36)24-17-11-18(28)20(16-6-3-7-19-22(16)33-25(32)40-19)21(29)23(17)34-26(35-24)39-12-15-5-4-8-37(15)2/h3,6-7,11,15H,4-5,8-10,12-14H2,1-2H3,(H2,32,33)/t15-/m0/s1. The van der Waals surface area contributed by atoms with Gasteiger partial charge in [-0.2, -0.15) is 9.97 Å². The Hall–Kier alpha value is -2.93. The van der Waals surface area contributed by atoms with Crippen LogP contribution in [0.5, 0.6) is 6.01 Å². The van der Waals surface area contributed by atoms with Gasteiger partial charge >= 0.3 is 6.01 Å². The molecule has 2 aliphatic rings. The number of thiazole rings is 1. The molecule has 8 nitrogen and oxygen atoms in total. The van der Waals surface area contributed by atoms with Crippen LogP contribution in [0, 0.1) is 5.82 Å². The largest absolute Gasteiger partial charge is 0.462 e. The second-order valence-corrected chi connectivity index (χ2v) is 12.1. The number of para-hydroxylation sites is 1. The lowest BCUT2D eigenvalue weighted by Gasteiger charge is -2.26. The van der Waals surface area contributed by atoms with Crippen molar-refractivity contribution < 1.29 is 17.9 Å². The highest BCUT2D eigenvalue weighted by Gasteiger charge is 2.37. The first-order valence-corrected chi connectivity index (χ1v) is 14.3. The number of anilines is 2. The molecule has 1 atom stereocenters. The molecule has 2 fully saturated rings. The van der Waals surface area contributed by atoms with Crippen LogP contribution in [-0.2, 0) is 0 Å². The summed E-state index contributed by atoms with van der Waals surface area (Å²) in [5, 5.41) is 0.680. The van der Waals surface area contributed by atoms with Crippen LogP contribution in [-0.4, -0.2) is 90.1 Å². The third-order valence-corrected chi connectivity index (χ3v) is 8.75. The number of likely N-dealkylation sites (tertiary alicyclic amines) is 1. The molecule has 2 aromatic carbocycles. The number of alkyl halides is 2. The van der Waals surface area contributed by atoms with Crippen molar-refractivity contribution in [3.8, 4) is 17.1 Å². The number of nitrogens with two attached hydrogens (primary N) is 1. The van der Waals surface area contributed by atoms with Crippen molar-refractivity contribution in [3.63, 3.8) is 0 Å². The predicted octanol–water partition coefficient (Wildman–Crippen LogP) is 5.14. The Balaban J connectivity index is 1.51. The fourth-order valence-electron chi connectivity index (χ4n) is 5.59. The Morgan fingerprint density at radius 3 is 2.73 bits per heavy atom. The number of nitrogen functional groups attached to an aromatic ring is 1. The van der Waals surface area contributed by atoms with Crippen LogP contribution in [0.4, 0.5) is 24.1 Å². The number of likely N-dealkylation sites (N-methyl/N-ethyl adjacent to an activating group) is 2. The van der Waals surface area contributed by atoms with Crippen molar-refractivity contribution in [2.24, 2.45) is 0 Å². The number of halogens is 4. The molecule has 0 aliphatic carbocycles. The van der Waals surface area contributed by atoms with E-state index >= 15 is 4.39 Å². The van der Waals surface area contributed by atoms with Crippen LogP contribution in [0.2, 0.25) is 5.02 Å². The highest BCUT2D eigenvalue weighted by molar-refractivity contribution is 7.22. The van der Waals surface area contributed by atoms with Gasteiger partial charge in [0.1, 0.15) is 17.9 Å². The monoisotopic (exact) mass is 591 g/mol. The third-order valence-electron chi connectivity index (χ3n) is 7.60. The van der Waals surface area contributed by atoms with Crippen molar-refractivity contribution in [2.45, 2.75) is 24.8 Å². The summed E-state index contributed by atoms with van der Waals surface area (Å²) in [5.74, 6) is -3.54. The minimum absolute atomic E-state index is 0.0553. The van der Waals surface area contributed by atoms with E-state index in [2.05, 4.69) is 19.9 Å². The maximum absolute atomic E-state index is 16.5. The number of hydrogen-bond acceptors (Lipinski definition) is 9. The first-order valence-electron chi connectivity index (χ1n) is 13.1. The maximum atomic E-state index is 16.5. The van der Waals surface area contributed by atoms with Gasteiger partial charge in [-0.15, -0.1) is 0 Å². The molecule has 4 aromatic rings. The van der Waals surface area contributed by atoms with Crippen LogP contribution < -0.4 is 15.4 Å². The molecule has 0 radical (unpaired) electrons. The van der Waals surface area contributed by atoms with Crippen molar-refractivity contribution in [1.82, 2.24) is 24.8 Å². The molecule has 0 unspecified atom stereocenters.